The summed E-state index contributed by atoms with van der Waals surface area (Å²) in [7, 11) is 0. The van der Waals surface area contributed by atoms with Crippen LogP contribution in [0.1, 0.15) is 25.5 Å². The zero-order valence-corrected chi connectivity index (χ0v) is 11.3. The fourth-order valence-corrected chi connectivity index (χ4v) is 2.63. The van der Waals surface area contributed by atoms with Crippen molar-refractivity contribution in [3.05, 3.63) is 35.6 Å². The van der Waals surface area contributed by atoms with E-state index in [0.29, 0.717) is 18.7 Å². The van der Waals surface area contributed by atoms with Crippen molar-refractivity contribution in [3.8, 4) is 0 Å². The van der Waals surface area contributed by atoms with Gasteiger partial charge in [-0.3, -0.25) is 9.69 Å². The summed E-state index contributed by atoms with van der Waals surface area (Å²) in [5.74, 6) is -0.326. The number of piperazine rings is 1. The number of nitrogens with zero attached hydrogens (tertiary/aromatic N) is 1. The van der Waals surface area contributed by atoms with E-state index in [0.717, 1.165) is 0 Å². The lowest BCUT2D eigenvalue weighted by Gasteiger charge is -2.45. The van der Waals surface area contributed by atoms with Crippen molar-refractivity contribution in [2.24, 2.45) is 5.73 Å². The fourth-order valence-electron chi connectivity index (χ4n) is 2.63. The lowest BCUT2D eigenvalue weighted by molar-refractivity contribution is -0.137. The maximum Gasteiger partial charge on any atom is 0.240 e. The van der Waals surface area contributed by atoms with Gasteiger partial charge in [-0.05, 0) is 19.9 Å². The van der Waals surface area contributed by atoms with Crippen molar-refractivity contribution >= 4 is 5.91 Å². The number of halogens is 1. The average molecular weight is 265 g/mol. The molecule has 1 atom stereocenters. The predicted octanol–water partition coefficient (Wildman–Crippen LogP) is 1.04. The molecule has 2 rings (SSSR count). The van der Waals surface area contributed by atoms with E-state index in [9.17, 15) is 9.18 Å². The molecule has 3 N–H and O–H groups in total. The van der Waals surface area contributed by atoms with Gasteiger partial charge < -0.3 is 11.1 Å². The largest absolute Gasteiger partial charge is 0.353 e. The molecule has 4 nitrogen and oxygen atoms in total. The molecule has 1 saturated heterocycles. The van der Waals surface area contributed by atoms with Gasteiger partial charge >= 0.3 is 0 Å². The van der Waals surface area contributed by atoms with Gasteiger partial charge in [0.15, 0.2) is 0 Å². The smallest absolute Gasteiger partial charge is 0.240 e. The molecule has 0 spiro atoms. The first kappa shape index (κ1) is 14.0. The monoisotopic (exact) mass is 265 g/mol. The van der Waals surface area contributed by atoms with E-state index in [-0.39, 0.29) is 24.3 Å². The number of carbonyl (C=O) groups is 1. The van der Waals surface area contributed by atoms with Gasteiger partial charge in [0.1, 0.15) is 5.82 Å². The van der Waals surface area contributed by atoms with Gasteiger partial charge in [0, 0.05) is 25.2 Å². The van der Waals surface area contributed by atoms with E-state index in [2.05, 4.69) is 5.32 Å². The molecule has 1 aromatic carbocycles. The SMILES string of the molecule is CC1(C)C(=O)NCCN1C(CN)c1ccccc1F. The fraction of sp³-hybridized carbons (Fsp3) is 0.500. The molecule has 0 saturated carbocycles. The van der Waals surface area contributed by atoms with Gasteiger partial charge in [-0.15, -0.1) is 0 Å². The van der Waals surface area contributed by atoms with E-state index >= 15 is 0 Å². The molecule has 1 aliphatic rings. The van der Waals surface area contributed by atoms with E-state index in [4.69, 9.17) is 5.73 Å². The Morgan fingerprint density at radius 3 is 2.79 bits per heavy atom. The summed E-state index contributed by atoms with van der Waals surface area (Å²) < 4.78 is 13.9. The normalized spacial score (nSPS) is 20.9. The molecule has 5 heteroatoms. The van der Waals surface area contributed by atoms with Gasteiger partial charge in [-0.1, -0.05) is 18.2 Å². The Hall–Kier alpha value is -1.46. The Morgan fingerprint density at radius 2 is 2.16 bits per heavy atom. The number of rotatable bonds is 3. The molecule has 0 aliphatic carbocycles. The third kappa shape index (κ3) is 2.48. The third-order valence-electron chi connectivity index (χ3n) is 3.78. The molecular formula is C14H20FN3O. The van der Waals surface area contributed by atoms with Crippen LogP contribution in [0.25, 0.3) is 0 Å². The van der Waals surface area contributed by atoms with Crippen LogP contribution in [0.15, 0.2) is 24.3 Å². The average Bonchev–Trinajstić information content (AvgIpc) is 2.37. The van der Waals surface area contributed by atoms with Gasteiger partial charge in [0.05, 0.1) is 11.6 Å². The van der Waals surface area contributed by atoms with Crippen molar-refractivity contribution in [2.75, 3.05) is 19.6 Å². The van der Waals surface area contributed by atoms with Gasteiger partial charge in [-0.2, -0.15) is 0 Å². The molecule has 19 heavy (non-hydrogen) atoms. The van der Waals surface area contributed by atoms with Crippen molar-refractivity contribution in [1.82, 2.24) is 10.2 Å². The van der Waals surface area contributed by atoms with E-state index in [1.807, 2.05) is 18.7 Å². The predicted molar refractivity (Wildman–Crippen MR) is 72.0 cm³/mol. The van der Waals surface area contributed by atoms with Crippen molar-refractivity contribution in [1.29, 1.82) is 0 Å². The topological polar surface area (TPSA) is 58.4 Å². The van der Waals surface area contributed by atoms with Gasteiger partial charge in [-0.25, -0.2) is 4.39 Å². The van der Waals surface area contributed by atoms with Crippen LogP contribution in [0.2, 0.25) is 0 Å². The van der Waals surface area contributed by atoms with E-state index in [1.165, 1.54) is 6.07 Å². The lowest BCUT2D eigenvalue weighted by atomic mass is 9.93. The van der Waals surface area contributed by atoms with Crippen molar-refractivity contribution in [2.45, 2.75) is 25.4 Å². The van der Waals surface area contributed by atoms with Crippen LogP contribution >= 0.6 is 0 Å². The van der Waals surface area contributed by atoms with Crippen LogP contribution in [-0.4, -0.2) is 36.0 Å². The first-order valence-electron chi connectivity index (χ1n) is 6.48. The van der Waals surface area contributed by atoms with Crippen LogP contribution in [0, 0.1) is 5.82 Å². The molecule has 0 radical (unpaired) electrons. The highest BCUT2D eigenvalue weighted by Gasteiger charge is 2.41. The number of amides is 1. The molecule has 1 aliphatic heterocycles. The second kappa shape index (κ2) is 5.27. The summed E-state index contributed by atoms with van der Waals surface area (Å²) in [6.45, 7) is 5.18. The molecule has 1 amide bonds. The van der Waals surface area contributed by atoms with Crippen LogP contribution < -0.4 is 11.1 Å². The Morgan fingerprint density at radius 1 is 1.47 bits per heavy atom. The first-order chi connectivity index (χ1) is 8.98. The maximum atomic E-state index is 13.9. The maximum absolute atomic E-state index is 13.9. The second-order valence-corrected chi connectivity index (χ2v) is 5.28. The summed E-state index contributed by atoms with van der Waals surface area (Å²) in [4.78, 5) is 14.0. The number of nitrogens with one attached hydrogen (secondary N) is 1. The number of benzene rings is 1. The lowest BCUT2D eigenvalue weighted by Crippen LogP contribution is -2.63. The third-order valence-corrected chi connectivity index (χ3v) is 3.78. The van der Waals surface area contributed by atoms with E-state index < -0.39 is 5.54 Å². The molecule has 0 aromatic heterocycles. The molecule has 104 valence electrons. The van der Waals surface area contributed by atoms with Crippen LogP contribution in [-0.2, 0) is 4.79 Å². The molecule has 1 unspecified atom stereocenters. The van der Waals surface area contributed by atoms with Crippen LogP contribution in [0.4, 0.5) is 4.39 Å². The number of carbonyl (C=O) groups excluding carboxylic acids is 1. The van der Waals surface area contributed by atoms with Crippen molar-refractivity contribution < 1.29 is 9.18 Å². The first-order valence-corrected chi connectivity index (χ1v) is 6.48. The summed E-state index contributed by atoms with van der Waals surface area (Å²) in [6, 6.07) is 6.31. The summed E-state index contributed by atoms with van der Waals surface area (Å²) in [6.07, 6.45) is 0. The minimum absolute atomic E-state index is 0.0476. The highest BCUT2D eigenvalue weighted by atomic mass is 19.1. The number of hydrogen-bond donors (Lipinski definition) is 2. The van der Waals surface area contributed by atoms with Crippen LogP contribution in [0.3, 0.4) is 0 Å². The Balaban J connectivity index is 2.37. The molecule has 1 aromatic rings. The summed E-state index contributed by atoms with van der Waals surface area (Å²) in [5, 5.41) is 2.83. The minimum Gasteiger partial charge on any atom is -0.353 e. The molecule has 0 bridgehead atoms. The van der Waals surface area contributed by atoms with E-state index in [1.54, 1.807) is 18.2 Å². The Kier molecular flexibility index (Phi) is 3.87. The zero-order valence-electron chi connectivity index (χ0n) is 11.3. The minimum atomic E-state index is -0.690. The molecule has 1 heterocycles. The highest BCUT2D eigenvalue weighted by Crippen LogP contribution is 2.30. The second-order valence-electron chi connectivity index (χ2n) is 5.28. The summed E-state index contributed by atoms with van der Waals surface area (Å²) >= 11 is 0. The quantitative estimate of drug-likeness (QED) is 0.858. The highest BCUT2D eigenvalue weighted by molar-refractivity contribution is 5.86. The number of hydrogen-bond acceptors (Lipinski definition) is 3. The summed E-state index contributed by atoms with van der Waals surface area (Å²) in [5.41, 5.74) is 5.69. The molecule has 1 fully saturated rings. The Bertz CT molecular complexity index is 476. The van der Waals surface area contributed by atoms with Gasteiger partial charge in [0.2, 0.25) is 5.91 Å². The number of nitrogens with two attached hydrogens (primary N) is 1. The molecular weight excluding hydrogens is 245 g/mol. The Labute approximate surface area is 112 Å². The van der Waals surface area contributed by atoms with Gasteiger partial charge in [0.25, 0.3) is 0 Å². The zero-order chi connectivity index (χ0) is 14.0. The van der Waals surface area contributed by atoms with Crippen LogP contribution in [0.5, 0.6) is 0 Å². The standard InChI is InChI=1S/C14H20FN3O/c1-14(2)13(19)17-7-8-18(14)12(9-16)10-5-3-4-6-11(10)15/h3-6,12H,7-9,16H2,1-2H3,(H,17,19). The van der Waals surface area contributed by atoms with Crippen molar-refractivity contribution in [3.63, 3.8) is 0 Å².